The minimum absolute atomic E-state index is 0.405. The van der Waals surface area contributed by atoms with Crippen LogP contribution in [0.15, 0.2) is 34.5 Å². The molecule has 1 aromatic carbocycles. The van der Waals surface area contributed by atoms with Crippen molar-refractivity contribution in [2.24, 2.45) is 0 Å². The summed E-state index contributed by atoms with van der Waals surface area (Å²) in [5, 5.41) is 0. The number of nitrogens with two attached hydrogens (primary N) is 1. The van der Waals surface area contributed by atoms with E-state index in [4.69, 9.17) is 5.73 Å². The molecular weight excluding hydrogens is 304 g/mol. The fraction of sp³-hybridized carbons (Fsp3) is 0.333. The summed E-state index contributed by atoms with van der Waals surface area (Å²) in [7, 11) is -3.40. The van der Waals surface area contributed by atoms with Crippen LogP contribution >= 0.6 is 11.3 Å². The van der Waals surface area contributed by atoms with Gasteiger partial charge < -0.3 is 5.73 Å². The van der Waals surface area contributed by atoms with Gasteiger partial charge in [0.1, 0.15) is 4.21 Å². The number of benzene rings is 1. The van der Waals surface area contributed by atoms with E-state index in [0.29, 0.717) is 23.0 Å². The highest BCUT2D eigenvalue weighted by Crippen LogP contribution is 2.29. The second-order valence-electron chi connectivity index (χ2n) is 5.19. The van der Waals surface area contributed by atoms with Gasteiger partial charge in [0.05, 0.1) is 0 Å². The molecule has 2 aromatic rings. The zero-order chi connectivity index (χ0) is 15.0. The van der Waals surface area contributed by atoms with E-state index in [9.17, 15) is 8.42 Å². The van der Waals surface area contributed by atoms with Crippen molar-refractivity contribution in [3.8, 4) is 0 Å². The quantitative estimate of drug-likeness (QED) is 0.884. The summed E-state index contributed by atoms with van der Waals surface area (Å²) in [6.07, 6.45) is 1.60. The van der Waals surface area contributed by atoms with Crippen LogP contribution in [0.25, 0.3) is 0 Å². The average molecular weight is 322 g/mol. The van der Waals surface area contributed by atoms with Crippen LogP contribution in [0.1, 0.15) is 22.9 Å². The molecule has 0 amide bonds. The summed E-state index contributed by atoms with van der Waals surface area (Å²) in [5.74, 6) is 0. The van der Waals surface area contributed by atoms with Crippen LogP contribution in [0.2, 0.25) is 0 Å². The topological polar surface area (TPSA) is 63.4 Å². The first-order chi connectivity index (χ1) is 10.0. The van der Waals surface area contributed by atoms with Gasteiger partial charge in [0.2, 0.25) is 0 Å². The summed E-state index contributed by atoms with van der Waals surface area (Å²) in [4.78, 5) is 1.09. The minimum atomic E-state index is -3.40. The number of aryl methyl sites for hydroxylation is 1. The number of rotatable bonds is 3. The molecule has 1 aliphatic heterocycles. The van der Waals surface area contributed by atoms with Gasteiger partial charge in [0.15, 0.2) is 0 Å². The molecule has 4 nitrogen and oxygen atoms in total. The number of thiophene rings is 1. The van der Waals surface area contributed by atoms with Gasteiger partial charge in [-0.05, 0) is 48.2 Å². The first-order valence-corrected chi connectivity index (χ1v) is 9.22. The number of fused-ring (bicyclic) bond motifs is 1. The Balaban J connectivity index is 1.91. The van der Waals surface area contributed by atoms with Gasteiger partial charge in [-0.1, -0.05) is 13.0 Å². The highest BCUT2D eigenvalue weighted by Gasteiger charge is 2.29. The van der Waals surface area contributed by atoms with Crippen LogP contribution in [-0.4, -0.2) is 19.3 Å². The van der Waals surface area contributed by atoms with Gasteiger partial charge in [-0.2, -0.15) is 4.31 Å². The molecule has 0 aliphatic carbocycles. The highest BCUT2D eigenvalue weighted by molar-refractivity contribution is 7.91. The maximum Gasteiger partial charge on any atom is 0.252 e. The van der Waals surface area contributed by atoms with Crippen LogP contribution < -0.4 is 5.73 Å². The number of nitrogens with zero attached hydrogens (tertiary/aromatic N) is 1. The largest absolute Gasteiger partial charge is 0.399 e. The van der Waals surface area contributed by atoms with Crippen molar-refractivity contribution < 1.29 is 8.42 Å². The van der Waals surface area contributed by atoms with Gasteiger partial charge in [-0.3, -0.25) is 0 Å². The second-order valence-corrected chi connectivity index (χ2v) is 8.52. The molecule has 0 saturated heterocycles. The standard InChI is InChI=1S/C15H18N2O2S2/c1-2-14-5-6-15(20-14)21(18,19)17-8-7-11-3-4-13(16)9-12(11)10-17/h3-6,9H,2,7-8,10,16H2,1H3. The maximum absolute atomic E-state index is 12.7. The van der Waals surface area contributed by atoms with E-state index in [-0.39, 0.29) is 0 Å². The minimum Gasteiger partial charge on any atom is -0.399 e. The Morgan fingerprint density at radius 1 is 1.24 bits per heavy atom. The zero-order valence-electron chi connectivity index (χ0n) is 11.9. The van der Waals surface area contributed by atoms with Gasteiger partial charge in [-0.15, -0.1) is 11.3 Å². The smallest absolute Gasteiger partial charge is 0.252 e. The molecule has 6 heteroatoms. The van der Waals surface area contributed by atoms with Crippen molar-refractivity contribution in [2.45, 2.75) is 30.5 Å². The van der Waals surface area contributed by atoms with Crippen molar-refractivity contribution in [1.29, 1.82) is 0 Å². The highest BCUT2D eigenvalue weighted by atomic mass is 32.2. The Hall–Kier alpha value is -1.37. The summed E-state index contributed by atoms with van der Waals surface area (Å²) >= 11 is 1.36. The molecular formula is C15H18N2O2S2. The molecule has 2 N–H and O–H groups in total. The molecule has 21 heavy (non-hydrogen) atoms. The van der Waals surface area contributed by atoms with Crippen molar-refractivity contribution in [3.63, 3.8) is 0 Å². The van der Waals surface area contributed by atoms with Crippen LogP contribution in [0.4, 0.5) is 5.69 Å². The summed E-state index contributed by atoms with van der Waals surface area (Å²) in [6, 6.07) is 9.36. The van der Waals surface area contributed by atoms with E-state index in [1.807, 2.05) is 31.2 Å². The lowest BCUT2D eigenvalue weighted by atomic mass is 10.0. The predicted octanol–water partition coefficient (Wildman–Crippen LogP) is 2.64. The van der Waals surface area contributed by atoms with Gasteiger partial charge in [0.25, 0.3) is 10.0 Å². The van der Waals surface area contributed by atoms with E-state index >= 15 is 0 Å². The van der Waals surface area contributed by atoms with E-state index in [0.717, 1.165) is 23.3 Å². The Bertz CT molecular complexity index is 766. The van der Waals surface area contributed by atoms with E-state index in [2.05, 4.69) is 0 Å². The van der Waals surface area contributed by atoms with Gasteiger partial charge in [-0.25, -0.2) is 8.42 Å². The fourth-order valence-corrected chi connectivity index (χ4v) is 5.44. The SMILES string of the molecule is CCc1ccc(S(=O)(=O)N2CCc3ccc(N)cc3C2)s1. The lowest BCUT2D eigenvalue weighted by Gasteiger charge is -2.27. The van der Waals surface area contributed by atoms with Gasteiger partial charge in [0, 0.05) is 23.7 Å². The third-order valence-electron chi connectivity index (χ3n) is 3.79. The molecule has 0 saturated carbocycles. The second kappa shape index (κ2) is 5.44. The molecule has 0 unspecified atom stereocenters. The predicted molar refractivity (Wildman–Crippen MR) is 85.9 cm³/mol. The van der Waals surface area contributed by atoms with Crippen molar-refractivity contribution in [2.75, 3.05) is 12.3 Å². The van der Waals surface area contributed by atoms with Crippen LogP contribution in [0.3, 0.4) is 0 Å². The Labute approximate surface area is 129 Å². The number of nitrogen functional groups attached to an aromatic ring is 1. The van der Waals surface area contributed by atoms with Crippen molar-refractivity contribution in [1.82, 2.24) is 4.31 Å². The van der Waals surface area contributed by atoms with Crippen molar-refractivity contribution >= 4 is 27.0 Å². The Kier molecular flexibility index (Phi) is 3.77. The van der Waals surface area contributed by atoms with Crippen molar-refractivity contribution in [3.05, 3.63) is 46.3 Å². The number of hydrogen-bond donors (Lipinski definition) is 1. The Morgan fingerprint density at radius 3 is 2.76 bits per heavy atom. The monoisotopic (exact) mass is 322 g/mol. The zero-order valence-corrected chi connectivity index (χ0v) is 13.5. The van der Waals surface area contributed by atoms with Crippen LogP contribution in [0, 0.1) is 0 Å². The summed E-state index contributed by atoms with van der Waals surface area (Å²) in [5.41, 5.74) is 8.68. The lowest BCUT2D eigenvalue weighted by Crippen LogP contribution is -2.35. The third kappa shape index (κ3) is 2.71. The molecule has 0 fully saturated rings. The molecule has 1 aromatic heterocycles. The lowest BCUT2D eigenvalue weighted by molar-refractivity contribution is 0.392. The maximum atomic E-state index is 12.7. The third-order valence-corrected chi connectivity index (χ3v) is 7.33. The molecule has 2 heterocycles. The molecule has 0 spiro atoms. The van der Waals surface area contributed by atoms with Crippen LogP contribution in [-0.2, 0) is 29.4 Å². The molecule has 0 bridgehead atoms. The van der Waals surface area contributed by atoms with E-state index in [1.165, 1.54) is 16.9 Å². The average Bonchev–Trinajstić information content (AvgIpc) is 2.96. The Morgan fingerprint density at radius 2 is 2.05 bits per heavy atom. The van der Waals surface area contributed by atoms with Gasteiger partial charge >= 0.3 is 0 Å². The molecule has 3 rings (SSSR count). The first-order valence-electron chi connectivity index (χ1n) is 6.97. The normalized spacial score (nSPS) is 15.9. The molecule has 0 radical (unpaired) electrons. The van der Waals surface area contributed by atoms with Crippen LogP contribution in [0.5, 0.6) is 0 Å². The van der Waals surface area contributed by atoms with E-state index < -0.39 is 10.0 Å². The first kappa shape index (κ1) is 14.6. The fourth-order valence-electron chi connectivity index (χ4n) is 2.57. The number of anilines is 1. The molecule has 112 valence electrons. The molecule has 0 atom stereocenters. The molecule has 1 aliphatic rings. The summed E-state index contributed by atoms with van der Waals surface area (Å²) < 4.78 is 27.4. The van der Waals surface area contributed by atoms with E-state index in [1.54, 1.807) is 10.4 Å². The number of hydrogen-bond acceptors (Lipinski definition) is 4. The number of sulfonamides is 1. The summed E-state index contributed by atoms with van der Waals surface area (Å²) in [6.45, 7) is 2.96.